The number of thiophene rings is 1. The molecule has 1 heterocycles. The van der Waals surface area contributed by atoms with Crippen molar-refractivity contribution in [1.82, 2.24) is 4.72 Å². The summed E-state index contributed by atoms with van der Waals surface area (Å²) in [6.45, 7) is 3.33. The maximum Gasteiger partial charge on any atom is 0.322 e. The number of hydrogen-bond donors (Lipinski definition) is 2. The molecule has 0 saturated carbocycles. The average Bonchev–Trinajstić information content (AvgIpc) is 2.90. The summed E-state index contributed by atoms with van der Waals surface area (Å²) in [5.41, 5.74) is 0. The first-order chi connectivity index (χ1) is 11.3. The van der Waals surface area contributed by atoms with E-state index < -0.39 is 22.0 Å². The lowest BCUT2D eigenvalue weighted by molar-refractivity contribution is -0.140. The molecule has 0 spiro atoms. The molecule has 0 saturated heterocycles. The molecule has 5 nitrogen and oxygen atoms in total. The molecule has 0 bridgehead atoms. The number of carboxylic acid groups (broad SMARTS) is 1. The van der Waals surface area contributed by atoms with Crippen LogP contribution in [0.25, 0.3) is 20.2 Å². The minimum Gasteiger partial charge on any atom is -0.480 e. The zero-order chi connectivity index (χ0) is 17.5. The molecule has 3 aromatic rings. The van der Waals surface area contributed by atoms with E-state index in [0.717, 1.165) is 20.2 Å². The quantitative estimate of drug-likeness (QED) is 0.727. The van der Waals surface area contributed by atoms with Crippen LogP contribution in [0.2, 0.25) is 0 Å². The molecule has 0 aliphatic carbocycles. The Kier molecular flexibility index (Phi) is 4.33. The molecule has 0 aliphatic rings. The largest absolute Gasteiger partial charge is 0.480 e. The van der Waals surface area contributed by atoms with Gasteiger partial charge in [0, 0.05) is 20.2 Å². The van der Waals surface area contributed by atoms with Crippen LogP contribution in [0.15, 0.2) is 47.4 Å². The Balaban J connectivity index is 2.07. The predicted molar refractivity (Wildman–Crippen MR) is 95.9 cm³/mol. The van der Waals surface area contributed by atoms with Gasteiger partial charge < -0.3 is 5.11 Å². The van der Waals surface area contributed by atoms with Gasteiger partial charge in [-0.2, -0.15) is 4.72 Å². The highest BCUT2D eigenvalue weighted by atomic mass is 32.2. The molecule has 7 heteroatoms. The maximum atomic E-state index is 12.6. The van der Waals surface area contributed by atoms with Gasteiger partial charge in [0.1, 0.15) is 6.04 Å². The van der Waals surface area contributed by atoms with E-state index in [4.69, 9.17) is 0 Å². The van der Waals surface area contributed by atoms with Gasteiger partial charge in [0.05, 0.1) is 4.90 Å². The Bertz CT molecular complexity index is 1020. The molecular formula is C17H17NO4S2. The second-order valence-electron chi connectivity index (χ2n) is 5.94. The zero-order valence-corrected chi connectivity index (χ0v) is 14.8. The van der Waals surface area contributed by atoms with E-state index >= 15 is 0 Å². The monoisotopic (exact) mass is 363 g/mol. The van der Waals surface area contributed by atoms with Gasteiger partial charge in [0.2, 0.25) is 10.0 Å². The molecule has 1 aromatic heterocycles. The van der Waals surface area contributed by atoms with Crippen molar-refractivity contribution < 1.29 is 18.3 Å². The molecule has 2 aromatic carbocycles. The fourth-order valence-electron chi connectivity index (χ4n) is 2.58. The maximum absolute atomic E-state index is 12.6. The van der Waals surface area contributed by atoms with Crippen molar-refractivity contribution in [1.29, 1.82) is 0 Å². The lowest BCUT2D eigenvalue weighted by Crippen LogP contribution is -2.44. The van der Waals surface area contributed by atoms with Crippen LogP contribution in [0.4, 0.5) is 0 Å². The van der Waals surface area contributed by atoms with Crippen molar-refractivity contribution in [2.24, 2.45) is 5.92 Å². The Hall–Kier alpha value is -1.96. The Morgan fingerprint density at radius 1 is 1.08 bits per heavy atom. The highest BCUT2D eigenvalue weighted by molar-refractivity contribution is 7.89. The second-order valence-corrected chi connectivity index (χ2v) is 8.74. The summed E-state index contributed by atoms with van der Waals surface area (Å²) in [5.74, 6) is -1.54. The molecule has 0 radical (unpaired) electrons. The van der Waals surface area contributed by atoms with Gasteiger partial charge in [-0.15, -0.1) is 11.3 Å². The fourth-order valence-corrected chi connectivity index (χ4v) is 5.03. The zero-order valence-electron chi connectivity index (χ0n) is 13.2. The number of carbonyl (C=O) groups is 1. The number of benzene rings is 2. The SMILES string of the molecule is CC(C)C(NS(=O)(=O)c1ccc2sc3ccccc3c2c1)C(=O)O. The summed E-state index contributed by atoms with van der Waals surface area (Å²) in [7, 11) is -3.91. The van der Waals surface area contributed by atoms with Crippen molar-refractivity contribution in [2.45, 2.75) is 24.8 Å². The summed E-state index contributed by atoms with van der Waals surface area (Å²) in [6, 6.07) is 11.5. The van der Waals surface area contributed by atoms with Crippen molar-refractivity contribution in [2.75, 3.05) is 0 Å². The van der Waals surface area contributed by atoms with E-state index in [1.165, 1.54) is 6.07 Å². The van der Waals surface area contributed by atoms with Crippen molar-refractivity contribution in [3.63, 3.8) is 0 Å². The smallest absolute Gasteiger partial charge is 0.322 e. The average molecular weight is 363 g/mol. The van der Waals surface area contributed by atoms with Crippen LogP contribution in [0.1, 0.15) is 13.8 Å². The fraction of sp³-hybridized carbons (Fsp3) is 0.235. The number of fused-ring (bicyclic) bond motifs is 3. The van der Waals surface area contributed by atoms with E-state index in [9.17, 15) is 18.3 Å². The van der Waals surface area contributed by atoms with E-state index in [2.05, 4.69) is 4.72 Å². The molecule has 2 N–H and O–H groups in total. The summed E-state index contributed by atoms with van der Waals surface area (Å²) in [4.78, 5) is 11.3. The van der Waals surface area contributed by atoms with Gasteiger partial charge in [-0.25, -0.2) is 8.42 Å². The topological polar surface area (TPSA) is 83.5 Å². The van der Waals surface area contributed by atoms with Gasteiger partial charge in [-0.05, 0) is 30.2 Å². The highest BCUT2D eigenvalue weighted by Crippen LogP contribution is 2.34. The van der Waals surface area contributed by atoms with Crippen LogP contribution in [0.3, 0.4) is 0 Å². The summed E-state index contributed by atoms with van der Waals surface area (Å²) in [6.07, 6.45) is 0. The first-order valence-corrected chi connectivity index (χ1v) is 9.76. The van der Waals surface area contributed by atoms with Crippen molar-refractivity contribution in [3.05, 3.63) is 42.5 Å². The number of sulfonamides is 1. The van der Waals surface area contributed by atoms with E-state index in [1.807, 2.05) is 24.3 Å². The van der Waals surface area contributed by atoms with E-state index in [1.54, 1.807) is 37.3 Å². The molecule has 1 atom stereocenters. The van der Waals surface area contributed by atoms with Crippen molar-refractivity contribution in [3.8, 4) is 0 Å². The van der Waals surface area contributed by atoms with Gasteiger partial charge >= 0.3 is 5.97 Å². The molecule has 0 amide bonds. The number of nitrogens with one attached hydrogen (secondary N) is 1. The standard InChI is InChI=1S/C17H17NO4S2/c1-10(2)16(17(19)20)18-24(21,22)11-7-8-15-13(9-11)12-5-3-4-6-14(12)23-15/h3-10,16,18H,1-2H3,(H,19,20). The van der Waals surface area contributed by atoms with Gasteiger partial charge in [0.25, 0.3) is 0 Å². The first-order valence-electron chi connectivity index (χ1n) is 7.46. The third-order valence-corrected chi connectivity index (χ3v) is 6.46. The van der Waals surface area contributed by atoms with Crippen LogP contribution >= 0.6 is 11.3 Å². The molecular weight excluding hydrogens is 346 g/mol. The number of aliphatic carboxylic acids is 1. The van der Waals surface area contributed by atoms with Gasteiger partial charge in [-0.1, -0.05) is 32.0 Å². The summed E-state index contributed by atoms with van der Waals surface area (Å²) >= 11 is 1.60. The Morgan fingerprint density at radius 3 is 2.42 bits per heavy atom. The molecule has 126 valence electrons. The Morgan fingerprint density at radius 2 is 1.75 bits per heavy atom. The number of carboxylic acids is 1. The van der Waals surface area contributed by atoms with Crippen LogP contribution in [0, 0.1) is 5.92 Å². The van der Waals surface area contributed by atoms with Crippen LogP contribution in [0.5, 0.6) is 0 Å². The lowest BCUT2D eigenvalue weighted by atomic mass is 10.1. The van der Waals surface area contributed by atoms with E-state index in [0.29, 0.717) is 0 Å². The van der Waals surface area contributed by atoms with E-state index in [-0.39, 0.29) is 10.8 Å². The normalized spacial score (nSPS) is 13.6. The number of rotatable bonds is 5. The molecule has 0 fully saturated rings. The second kappa shape index (κ2) is 6.16. The highest BCUT2D eigenvalue weighted by Gasteiger charge is 2.28. The third-order valence-electron chi connectivity index (χ3n) is 3.87. The lowest BCUT2D eigenvalue weighted by Gasteiger charge is -2.18. The van der Waals surface area contributed by atoms with Gasteiger partial charge in [-0.3, -0.25) is 4.79 Å². The minimum absolute atomic E-state index is 0.0745. The first kappa shape index (κ1) is 16.9. The molecule has 1 unspecified atom stereocenters. The minimum atomic E-state index is -3.91. The molecule has 3 rings (SSSR count). The van der Waals surface area contributed by atoms with Crippen LogP contribution in [-0.4, -0.2) is 25.5 Å². The van der Waals surface area contributed by atoms with Crippen LogP contribution < -0.4 is 4.72 Å². The summed E-state index contributed by atoms with van der Waals surface area (Å²) in [5, 5.41) is 11.1. The van der Waals surface area contributed by atoms with Crippen LogP contribution in [-0.2, 0) is 14.8 Å². The predicted octanol–water partition coefficient (Wildman–Crippen LogP) is 3.44. The summed E-state index contributed by atoms with van der Waals surface area (Å²) < 4.78 is 29.5. The Labute approximate surface area is 144 Å². The van der Waals surface area contributed by atoms with Gasteiger partial charge in [0.15, 0.2) is 0 Å². The van der Waals surface area contributed by atoms with Crippen molar-refractivity contribution >= 4 is 47.5 Å². The number of hydrogen-bond acceptors (Lipinski definition) is 4. The molecule has 24 heavy (non-hydrogen) atoms. The molecule has 0 aliphatic heterocycles. The third kappa shape index (κ3) is 3.02.